The van der Waals surface area contributed by atoms with Crippen molar-refractivity contribution in [3.8, 4) is 0 Å². The van der Waals surface area contributed by atoms with E-state index >= 15 is 0 Å². The van der Waals surface area contributed by atoms with Crippen molar-refractivity contribution >= 4 is 5.91 Å². The molecule has 0 saturated heterocycles. The van der Waals surface area contributed by atoms with Crippen LogP contribution in [0.25, 0.3) is 0 Å². The van der Waals surface area contributed by atoms with E-state index in [1.54, 1.807) is 6.07 Å². The first kappa shape index (κ1) is 14.7. The second-order valence-corrected chi connectivity index (χ2v) is 5.75. The van der Waals surface area contributed by atoms with Gasteiger partial charge in [-0.25, -0.2) is 0 Å². The van der Waals surface area contributed by atoms with Crippen molar-refractivity contribution in [1.29, 1.82) is 0 Å². The lowest BCUT2D eigenvalue weighted by Gasteiger charge is -2.18. The molecule has 18 heavy (non-hydrogen) atoms. The summed E-state index contributed by atoms with van der Waals surface area (Å²) in [4.78, 5) is 11.9. The second-order valence-electron chi connectivity index (χ2n) is 5.75. The lowest BCUT2D eigenvalue weighted by molar-refractivity contribution is 0.0907. The summed E-state index contributed by atoms with van der Waals surface area (Å²) >= 11 is 0. The van der Waals surface area contributed by atoms with Gasteiger partial charge in [0.25, 0.3) is 5.91 Å². The van der Waals surface area contributed by atoms with Gasteiger partial charge in [0.15, 0.2) is 5.69 Å². The highest BCUT2D eigenvalue weighted by atomic mass is 16.5. The number of carbonyl (C=O) groups excluding carboxylic acids is 1. The van der Waals surface area contributed by atoms with E-state index in [-0.39, 0.29) is 35.6 Å². The lowest BCUT2D eigenvalue weighted by atomic mass is 9.93. The topological polar surface area (TPSA) is 75.4 Å². The number of aromatic nitrogens is 1. The van der Waals surface area contributed by atoms with Gasteiger partial charge in [0, 0.05) is 24.1 Å². The number of hydrogen-bond acceptors (Lipinski definition) is 4. The molecule has 1 heterocycles. The number of carbonyl (C=O) groups is 1. The number of nitrogens with one attached hydrogen (secondary N) is 1. The fraction of sp³-hybridized carbons (Fsp3) is 0.692. The molecule has 1 rings (SSSR count). The first-order chi connectivity index (χ1) is 8.25. The summed E-state index contributed by atoms with van der Waals surface area (Å²) in [6, 6.07) is 1.54. The van der Waals surface area contributed by atoms with Crippen molar-refractivity contribution < 1.29 is 14.4 Å². The molecule has 1 amide bonds. The van der Waals surface area contributed by atoms with Crippen LogP contribution in [0.2, 0.25) is 0 Å². The van der Waals surface area contributed by atoms with Crippen LogP contribution in [0.5, 0.6) is 0 Å². The molecule has 2 atom stereocenters. The van der Waals surface area contributed by atoms with E-state index in [0.29, 0.717) is 5.76 Å². The van der Waals surface area contributed by atoms with E-state index in [0.717, 1.165) is 0 Å². The summed E-state index contributed by atoms with van der Waals surface area (Å²) in [5.74, 6) is 0.403. The largest absolute Gasteiger partial charge is 0.396 e. The third-order valence-electron chi connectivity index (χ3n) is 2.98. The Morgan fingerprint density at radius 3 is 2.56 bits per heavy atom. The fourth-order valence-corrected chi connectivity index (χ4v) is 1.32. The average molecular weight is 254 g/mol. The van der Waals surface area contributed by atoms with E-state index in [2.05, 4.69) is 10.5 Å². The maximum absolute atomic E-state index is 11.9. The van der Waals surface area contributed by atoms with Crippen LogP contribution in [0.3, 0.4) is 0 Å². The average Bonchev–Trinajstić information content (AvgIpc) is 2.76. The molecule has 0 saturated carbocycles. The van der Waals surface area contributed by atoms with Gasteiger partial charge in [-0.2, -0.15) is 0 Å². The minimum Gasteiger partial charge on any atom is -0.396 e. The Bertz CT molecular complexity index is 407. The molecule has 2 N–H and O–H groups in total. The van der Waals surface area contributed by atoms with Crippen molar-refractivity contribution in [2.45, 2.75) is 46.1 Å². The van der Waals surface area contributed by atoms with Crippen LogP contribution >= 0.6 is 0 Å². The number of aliphatic hydroxyl groups is 1. The van der Waals surface area contributed by atoms with E-state index < -0.39 is 0 Å². The molecule has 0 spiro atoms. The van der Waals surface area contributed by atoms with Crippen molar-refractivity contribution in [1.82, 2.24) is 10.5 Å². The third kappa shape index (κ3) is 3.57. The smallest absolute Gasteiger partial charge is 0.273 e. The Balaban J connectivity index is 2.71. The van der Waals surface area contributed by atoms with Crippen molar-refractivity contribution in [3.63, 3.8) is 0 Å². The predicted octanol–water partition coefficient (Wildman–Crippen LogP) is 1.72. The Morgan fingerprint density at radius 2 is 2.11 bits per heavy atom. The maximum Gasteiger partial charge on any atom is 0.273 e. The van der Waals surface area contributed by atoms with Gasteiger partial charge in [-0.15, -0.1) is 0 Å². The van der Waals surface area contributed by atoms with Crippen molar-refractivity contribution in [2.75, 3.05) is 6.61 Å². The molecule has 1 aromatic heterocycles. The fourth-order valence-electron chi connectivity index (χ4n) is 1.32. The SMILES string of the molecule is CC(CO)C(C)NC(=O)c1cc(C(C)(C)C)on1. The molecule has 1 aromatic rings. The molecule has 0 aromatic carbocycles. The third-order valence-corrected chi connectivity index (χ3v) is 2.98. The summed E-state index contributed by atoms with van der Waals surface area (Å²) in [6.45, 7) is 9.73. The minimum absolute atomic E-state index is 0.00272. The highest BCUT2D eigenvalue weighted by Gasteiger charge is 2.23. The van der Waals surface area contributed by atoms with Crippen molar-refractivity contribution in [2.24, 2.45) is 5.92 Å². The molecule has 5 heteroatoms. The van der Waals surface area contributed by atoms with Gasteiger partial charge in [0.1, 0.15) is 5.76 Å². The Kier molecular flexibility index (Phi) is 4.51. The number of hydrogen-bond donors (Lipinski definition) is 2. The van der Waals surface area contributed by atoms with Gasteiger partial charge >= 0.3 is 0 Å². The molecule has 0 aliphatic rings. The van der Waals surface area contributed by atoms with Crippen LogP contribution in [-0.2, 0) is 5.41 Å². The summed E-state index contributed by atoms with van der Waals surface area (Å²) < 4.78 is 5.16. The summed E-state index contributed by atoms with van der Waals surface area (Å²) in [5.41, 5.74) is 0.104. The molecule has 102 valence electrons. The molecular formula is C13H22N2O3. The van der Waals surface area contributed by atoms with Crippen LogP contribution in [-0.4, -0.2) is 28.8 Å². The molecule has 5 nitrogen and oxygen atoms in total. The molecule has 0 bridgehead atoms. The van der Waals surface area contributed by atoms with Gasteiger partial charge in [-0.1, -0.05) is 32.9 Å². The zero-order valence-electron chi connectivity index (χ0n) is 11.7. The van der Waals surface area contributed by atoms with Gasteiger partial charge < -0.3 is 14.9 Å². The molecule has 0 fully saturated rings. The van der Waals surface area contributed by atoms with Gasteiger partial charge in [-0.05, 0) is 12.8 Å². The number of rotatable bonds is 4. The summed E-state index contributed by atoms with van der Waals surface area (Å²) in [5, 5.41) is 15.6. The highest BCUT2D eigenvalue weighted by molar-refractivity contribution is 5.92. The Labute approximate surface area is 108 Å². The zero-order valence-corrected chi connectivity index (χ0v) is 11.7. The van der Waals surface area contributed by atoms with Crippen LogP contribution in [0, 0.1) is 5.92 Å². The highest BCUT2D eigenvalue weighted by Crippen LogP contribution is 2.22. The van der Waals surface area contributed by atoms with Gasteiger partial charge in [0.05, 0.1) is 0 Å². The lowest BCUT2D eigenvalue weighted by Crippen LogP contribution is -2.38. The molecule has 2 unspecified atom stereocenters. The zero-order chi connectivity index (χ0) is 13.9. The number of amides is 1. The van der Waals surface area contributed by atoms with Crippen LogP contribution in [0.15, 0.2) is 10.6 Å². The standard InChI is InChI=1S/C13H22N2O3/c1-8(7-16)9(2)14-12(17)10-6-11(18-15-10)13(3,4)5/h6,8-9,16H,7H2,1-5H3,(H,14,17). The molecule has 0 aliphatic heterocycles. The normalized spacial score (nSPS) is 15.2. The minimum atomic E-state index is -0.276. The van der Waals surface area contributed by atoms with Crippen molar-refractivity contribution in [3.05, 3.63) is 17.5 Å². The number of aliphatic hydroxyl groups excluding tert-OH is 1. The van der Waals surface area contributed by atoms with Crippen LogP contribution < -0.4 is 5.32 Å². The second kappa shape index (κ2) is 5.52. The molecular weight excluding hydrogens is 232 g/mol. The first-order valence-corrected chi connectivity index (χ1v) is 6.14. The van der Waals surface area contributed by atoms with E-state index in [9.17, 15) is 4.79 Å². The summed E-state index contributed by atoms with van der Waals surface area (Å²) in [6.07, 6.45) is 0. The van der Waals surface area contributed by atoms with Crippen LogP contribution in [0.1, 0.15) is 50.9 Å². The maximum atomic E-state index is 11.9. The monoisotopic (exact) mass is 254 g/mol. The predicted molar refractivity (Wildman–Crippen MR) is 68.4 cm³/mol. The molecule has 0 radical (unpaired) electrons. The Morgan fingerprint density at radius 1 is 1.50 bits per heavy atom. The van der Waals surface area contributed by atoms with E-state index in [4.69, 9.17) is 9.63 Å². The first-order valence-electron chi connectivity index (χ1n) is 6.14. The van der Waals surface area contributed by atoms with Crippen LogP contribution in [0.4, 0.5) is 0 Å². The van der Waals surface area contributed by atoms with Gasteiger partial charge in [-0.3, -0.25) is 4.79 Å². The quantitative estimate of drug-likeness (QED) is 0.857. The van der Waals surface area contributed by atoms with E-state index in [1.807, 2.05) is 34.6 Å². The van der Waals surface area contributed by atoms with E-state index in [1.165, 1.54) is 0 Å². The number of nitrogens with zero attached hydrogens (tertiary/aromatic N) is 1. The Hall–Kier alpha value is -1.36. The van der Waals surface area contributed by atoms with Gasteiger partial charge in [0.2, 0.25) is 0 Å². The summed E-state index contributed by atoms with van der Waals surface area (Å²) in [7, 11) is 0. The molecule has 0 aliphatic carbocycles.